The van der Waals surface area contributed by atoms with Crippen molar-refractivity contribution in [3.63, 3.8) is 0 Å². The summed E-state index contributed by atoms with van der Waals surface area (Å²) in [6, 6.07) is 6.83. The van der Waals surface area contributed by atoms with Crippen LogP contribution in [0.5, 0.6) is 0 Å². The van der Waals surface area contributed by atoms with E-state index in [-0.39, 0.29) is 24.5 Å². The van der Waals surface area contributed by atoms with Crippen LogP contribution in [-0.4, -0.2) is 11.7 Å². The van der Waals surface area contributed by atoms with E-state index in [2.05, 4.69) is 5.32 Å². The van der Waals surface area contributed by atoms with Gasteiger partial charge in [-0.15, -0.1) is 0 Å². The van der Waals surface area contributed by atoms with Gasteiger partial charge in [0.1, 0.15) is 5.78 Å². The second-order valence-electron chi connectivity index (χ2n) is 3.26. The third kappa shape index (κ3) is 4.61. The normalized spacial score (nSPS) is 9.73. The maximum Gasteiger partial charge on any atom is 0.224 e. The molecule has 1 rings (SSSR count). The summed E-state index contributed by atoms with van der Waals surface area (Å²) in [5.41, 5.74) is 0.688. The number of anilines is 1. The Labute approximate surface area is 93.4 Å². The molecule has 1 amide bonds. The third-order valence-corrected chi connectivity index (χ3v) is 2.08. The number of nitrogens with one attached hydrogen (secondary N) is 1. The molecule has 0 atom stereocenters. The minimum absolute atomic E-state index is 0.0151. The number of ketones is 1. The maximum absolute atomic E-state index is 11.3. The summed E-state index contributed by atoms with van der Waals surface area (Å²) in [4.78, 5) is 22.0. The first kappa shape index (κ1) is 11.7. The molecule has 0 aliphatic heterocycles. The predicted molar refractivity (Wildman–Crippen MR) is 60.0 cm³/mol. The molecule has 3 nitrogen and oxygen atoms in total. The van der Waals surface area contributed by atoms with Crippen LogP contribution < -0.4 is 5.32 Å². The van der Waals surface area contributed by atoms with Gasteiger partial charge in [0.25, 0.3) is 0 Å². The number of carbonyl (C=O) groups is 2. The molecule has 80 valence electrons. The summed E-state index contributed by atoms with van der Waals surface area (Å²) in [6.07, 6.45) is 0.497. The number of amides is 1. The van der Waals surface area contributed by atoms with E-state index in [9.17, 15) is 9.59 Å². The van der Waals surface area contributed by atoms with Gasteiger partial charge in [-0.3, -0.25) is 4.79 Å². The standard InChI is InChI=1S/C11H12ClNO2/c1-8(14)2-7-11(15)13-10-5-3-9(12)4-6-10/h3-6H,2,7H2,1H3,(H,13,15). The fraction of sp³-hybridized carbons (Fsp3) is 0.273. The minimum atomic E-state index is -0.160. The maximum atomic E-state index is 11.3. The molecule has 0 spiro atoms. The first-order valence-corrected chi connectivity index (χ1v) is 5.00. The quantitative estimate of drug-likeness (QED) is 0.856. The van der Waals surface area contributed by atoms with Gasteiger partial charge in [-0.1, -0.05) is 11.6 Å². The molecule has 0 aromatic heterocycles. The smallest absolute Gasteiger partial charge is 0.224 e. The number of halogens is 1. The highest BCUT2D eigenvalue weighted by molar-refractivity contribution is 6.30. The van der Waals surface area contributed by atoms with Gasteiger partial charge >= 0.3 is 0 Å². The first-order chi connectivity index (χ1) is 7.08. The molecule has 1 N–H and O–H groups in total. The molecule has 15 heavy (non-hydrogen) atoms. The van der Waals surface area contributed by atoms with E-state index in [1.165, 1.54) is 6.92 Å². The average molecular weight is 226 g/mol. The summed E-state index contributed by atoms with van der Waals surface area (Å²) >= 11 is 5.69. The molecule has 0 saturated heterocycles. The van der Waals surface area contributed by atoms with Crippen LogP contribution in [0.1, 0.15) is 19.8 Å². The monoisotopic (exact) mass is 225 g/mol. The number of Topliss-reactive ketones (excluding diaryl/α,β-unsaturated/α-hetero) is 1. The van der Waals surface area contributed by atoms with E-state index in [4.69, 9.17) is 11.6 Å². The third-order valence-electron chi connectivity index (χ3n) is 1.83. The van der Waals surface area contributed by atoms with Gasteiger partial charge in [-0.05, 0) is 31.2 Å². The molecule has 0 aliphatic carbocycles. The number of rotatable bonds is 4. The lowest BCUT2D eigenvalue weighted by Crippen LogP contribution is -2.12. The zero-order chi connectivity index (χ0) is 11.3. The Bertz CT molecular complexity index is 359. The Morgan fingerprint density at radius 2 is 1.80 bits per heavy atom. The van der Waals surface area contributed by atoms with E-state index >= 15 is 0 Å². The van der Waals surface area contributed by atoms with Crippen molar-refractivity contribution in [1.29, 1.82) is 0 Å². The fourth-order valence-corrected chi connectivity index (χ4v) is 1.17. The Hall–Kier alpha value is -1.35. The van der Waals surface area contributed by atoms with E-state index < -0.39 is 0 Å². The molecule has 0 aliphatic rings. The summed E-state index contributed by atoms with van der Waals surface area (Å²) in [7, 11) is 0. The Morgan fingerprint density at radius 3 is 2.33 bits per heavy atom. The summed E-state index contributed by atoms with van der Waals surface area (Å²) < 4.78 is 0. The van der Waals surface area contributed by atoms with Crippen LogP contribution >= 0.6 is 11.6 Å². The molecule has 0 heterocycles. The van der Waals surface area contributed by atoms with Crippen molar-refractivity contribution >= 4 is 29.0 Å². The van der Waals surface area contributed by atoms with Crippen molar-refractivity contribution in [3.8, 4) is 0 Å². The first-order valence-electron chi connectivity index (χ1n) is 4.63. The van der Waals surface area contributed by atoms with Gasteiger partial charge in [-0.2, -0.15) is 0 Å². The number of hydrogen-bond donors (Lipinski definition) is 1. The van der Waals surface area contributed by atoms with Gasteiger partial charge in [0.2, 0.25) is 5.91 Å². The van der Waals surface area contributed by atoms with E-state index in [1.54, 1.807) is 24.3 Å². The van der Waals surface area contributed by atoms with Gasteiger partial charge in [0, 0.05) is 23.6 Å². The van der Waals surface area contributed by atoms with Crippen molar-refractivity contribution in [1.82, 2.24) is 0 Å². The van der Waals surface area contributed by atoms with Crippen LogP contribution in [0, 0.1) is 0 Å². The van der Waals surface area contributed by atoms with Crippen LogP contribution in [0.15, 0.2) is 24.3 Å². The molecular formula is C11H12ClNO2. The van der Waals surface area contributed by atoms with Crippen molar-refractivity contribution < 1.29 is 9.59 Å². The van der Waals surface area contributed by atoms with Crippen LogP contribution in [0.3, 0.4) is 0 Å². The Kier molecular flexibility index (Phi) is 4.31. The molecule has 0 radical (unpaired) electrons. The van der Waals surface area contributed by atoms with Gasteiger partial charge < -0.3 is 10.1 Å². The van der Waals surface area contributed by atoms with Crippen molar-refractivity contribution in [3.05, 3.63) is 29.3 Å². The van der Waals surface area contributed by atoms with Crippen LogP contribution in [0.4, 0.5) is 5.69 Å². The van der Waals surface area contributed by atoms with Crippen molar-refractivity contribution in [2.24, 2.45) is 0 Å². The van der Waals surface area contributed by atoms with Crippen LogP contribution in [-0.2, 0) is 9.59 Å². The van der Waals surface area contributed by atoms with Gasteiger partial charge in [0.05, 0.1) is 0 Å². The minimum Gasteiger partial charge on any atom is -0.326 e. The second-order valence-corrected chi connectivity index (χ2v) is 3.69. The lowest BCUT2D eigenvalue weighted by molar-refractivity contribution is -0.121. The summed E-state index contributed by atoms with van der Waals surface area (Å²) in [6.45, 7) is 1.47. The Morgan fingerprint density at radius 1 is 1.20 bits per heavy atom. The largest absolute Gasteiger partial charge is 0.326 e. The number of carbonyl (C=O) groups excluding carboxylic acids is 2. The topological polar surface area (TPSA) is 46.2 Å². The van der Waals surface area contributed by atoms with E-state index in [0.29, 0.717) is 10.7 Å². The zero-order valence-electron chi connectivity index (χ0n) is 8.42. The highest BCUT2D eigenvalue weighted by Gasteiger charge is 2.03. The number of benzene rings is 1. The highest BCUT2D eigenvalue weighted by atomic mass is 35.5. The average Bonchev–Trinajstić information content (AvgIpc) is 2.19. The number of hydrogen-bond acceptors (Lipinski definition) is 2. The molecule has 0 saturated carbocycles. The summed E-state index contributed by atoms with van der Waals surface area (Å²) in [5.74, 6) is -0.145. The Balaban J connectivity index is 2.44. The van der Waals surface area contributed by atoms with Crippen molar-refractivity contribution in [2.45, 2.75) is 19.8 Å². The highest BCUT2D eigenvalue weighted by Crippen LogP contribution is 2.13. The molecule has 0 fully saturated rings. The molecule has 1 aromatic rings. The van der Waals surface area contributed by atoms with Crippen LogP contribution in [0.25, 0.3) is 0 Å². The molecule has 0 unspecified atom stereocenters. The van der Waals surface area contributed by atoms with Gasteiger partial charge in [0.15, 0.2) is 0 Å². The predicted octanol–water partition coefficient (Wildman–Crippen LogP) is 2.65. The molecule has 4 heteroatoms. The summed E-state index contributed by atoms with van der Waals surface area (Å²) in [5, 5.41) is 3.30. The van der Waals surface area contributed by atoms with E-state index in [1.807, 2.05) is 0 Å². The molecule has 0 bridgehead atoms. The van der Waals surface area contributed by atoms with E-state index in [0.717, 1.165) is 0 Å². The second kappa shape index (κ2) is 5.51. The molecule has 1 aromatic carbocycles. The zero-order valence-corrected chi connectivity index (χ0v) is 9.17. The van der Waals surface area contributed by atoms with Crippen LogP contribution in [0.2, 0.25) is 5.02 Å². The SMILES string of the molecule is CC(=O)CCC(=O)Nc1ccc(Cl)cc1. The lowest BCUT2D eigenvalue weighted by atomic mass is 10.2. The molecular weight excluding hydrogens is 214 g/mol. The lowest BCUT2D eigenvalue weighted by Gasteiger charge is -2.03. The van der Waals surface area contributed by atoms with Crippen molar-refractivity contribution in [2.75, 3.05) is 5.32 Å². The fourth-order valence-electron chi connectivity index (χ4n) is 1.05. The van der Waals surface area contributed by atoms with Gasteiger partial charge in [-0.25, -0.2) is 0 Å².